The second-order valence-corrected chi connectivity index (χ2v) is 10.5. The first-order valence-corrected chi connectivity index (χ1v) is 12.7. The van der Waals surface area contributed by atoms with Gasteiger partial charge in [0.05, 0.1) is 25.9 Å². The highest BCUT2D eigenvalue weighted by molar-refractivity contribution is 9.10. The molecule has 3 rings (SSSR count). The van der Waals surface area contributed by atoms with Gasteiger partial charge in [0.25, 0.3) is 10.0 Å². The van der Waals surface area contributed by atoms with Crippen molar-refractivity contribution in [2.75, 3.05) is 25.1 Å². The largest absolute Gasteiger partial charge is 0.497 e. The average molecular weight is 547 g/mol. The summed E-state index contributed by atoms with van der Waals surface area (Å²) >= 11 is 3.40. The second kappa shape index (κ2) is 10.9. The van der Waals surface area contributed by atoms with Gasteiger partial charge in [0.15, 0.2) is 0 Å². The maximum Gasteiger partial charge on any atom is 0.268 e. The Hall–Kier alpha value is -3.04. The van der Waals surface area contributed by atoms with Crippen molar-refractivity contribution in [3.05, 3.63) is 82.3 Å². The van der Waals surface area contributed by atoms with E-state index in [1.54, 1.807) is 43.3 Å². The Morgan fingerprint density at radius 2 is 1.65 bits per heavy atom. The molecule has 0 fully saturated rings. The quantitative estimate of drug-likeness (QED) is 0.414. The van der Waals surface area contributed by atoms with Gasteiger partial charge in [-0.1, -0.05) is 34.1 Å². The molecule has 34 heavy (non-hydrogen) atoms. The number of sulfonamides is 1. The van der Waals surface area contributed by atoms with Crippen molar-refractivity contribution in [2.24, 2.45) is 0 Å². The molecule has 9 heteroatoms. The third-order valence-electron chi connectivity index (χ3n) is 5.28. The van der Waals surface area contributed by atoms with Crippen LogP contribution in [0.5, 0.6) is 11.5 Å². The summed E-state index contributed by atoms with van der Waals surface area (Å²) in [5, 5.41) is 2.89. The molecule has 3 aromatic rings. The van der Waals surface area contributed by atoms with Gasteiger partial charge in [-0.05, 0) is 73.5 Å². The summed E-state index contributed by atoms with van der Waals surface area (Å²) in [4.78, 5) is 13.0. The summed E-state index contributed by atoms with van der Waals surface area (Å²) in [6.45, 7) is 3.23. The van der Waals surface area contributed by atoms with Crippen LogP contribution in [0.15, 0.2) is 76.1 Å². The first-order valence-electron chi connectivity index (χ1n) is 10.5. The van der Waals surface area contributed by atoms with Gasteiger partial charge in [-0.15, -0.1) is 0 Å². The summed E-state index contributed by atoms with van der Waals surface area (Å²) in [7, 11) is -1.20. The fourth-order valence-corrected chi connectivity index (χ4v) is 5.35. The smallest absolute Gasteiger partial charge is 0.268 e. The van der Waals surface area contributed by atoms with Crippen LogP contribution in [-0.2, 0) is 14.8 Å². The zero-order valence-electron chi connectivity index (χ0n) is 19.4. The van der Waals surface area contributed by atoms with Crippen molar-refractivity contribution < 1.29 is 22.7 Å². The zero-order valence-corrected chi connectivity index (χ0v) is 21.8. The van der Waals surface area contributed by atoms with Gasteiger partial charge in [-0.2, -0.15) is 0 Å². The second-order valence-electron chi connectivity index (χ2n) is 7.70. The van der Waals surface area contributed by atoms with E-state index in [4.69, 9.17) is 9.47 Å². The molecule has 0 radical (unpaired) electrons. The van der Waals surface area contributed by atoms with Crippen LogP contribution in [-0.4, -0.2) is 35.1 Å². The van der Waals surface area contributed by atoms with Gasteiger partial charge in [0.1, 0.15) is 22.9 Å². The molecule has 0 unspecified atom stereocenters. The van der Waals surface area contributed by atoms with Gasteiger partial charge < -0.3 is 14.8 Å². The fourth-order valence-electron chi connectivity index (χ4n) is 3.42. The molecule has 180 valence electrons. The van der Waals surface area contributed by atoms with Crippen LogP contribution in [0.25, 0.3) is 0 Å². The zero-order chi connectivity index (χ0) is 24.9. The Balaban J connectivity index is 1.96. The number of anilines is 1. The molecule has 7 nitrogen and oxygen atoms in total. The number of carbonyl (C=O) groups excluding carboxylic acids is 1. The monoisotopic (exact) mass is 546 g/mol. The number of benzene rings is 3. The van der Waals surface area contributed by atoms with Crippen molar-refractivity contribution in [3.63, 3.8) is 0 Å². The van der Waals surface area contributed by atoms with Crippen LogP contribution >= 0.6 is 15.9 Å². The van der Waals surface area contributed by atoms with Crippen molar-refractivity contribution in [1.29, 1.82) is 0 Å². The van der Waals surface area contributed by atoms with Crippen molar-refractivity contribution in [1.82, 2.24) is 5.32 Å². The average Bonchev–Trinajstić information content (AvgIpc) is 2.83. The fraction of sp³-hybridized carbons (Fsp3) is 0.240. The Labute approximate surface area is 208 Å². The van der Waals surface area contributed by atoms with Crippen LogP contribution in [0.3, 0.4) is 0 Å². The molecule has 1 amide bonds. The highest BCUT2D eigenvalue weighted by Crippen LogP contribution is 2.31. The molecular weight excluding hydrogens is 520 g/mol. The third-order valence-corrected chi connectivity index (χ3v) is 7.61. The molecule has 0 aliphatic heterocycles. The van der Waals surface area contributed by atoms with E-state index in [0.717, 1.165) is 19.9 Å². The first kappa shape index (κ1) is 25.6. The molecule has 0 saturated carbocycles. The molecule has 0 aliphatic carbocycles. The number of hydrogen-bond donors (Lipinski definition) is 1. The molecule has 0 heterocycles. The van der Waals surface area contributed by atoms with Crippen LogP contribution in [0.4, 0.5) is 5.69 Å². The number of amides is 1. The summed E-state index contributed by atoms with van der Waals surface area (Å²) < 4.78 is 40.1. The van der Waals surface area contributed by atoms with E-state index in [-0.39, 0.29) is 16.7 Å². The number of halogens is 1. The Kier molecular flexibility index (Phi) is 8.22. The SMILES string of the molecule is COc1ccc(N(CC(=O)N[C@@H](C)c2ccc(Br)cc2)S(=O)(=O)c2cc(C)ccc2OC)cc1. The highest BCUT2D eigenvalue weighted by atomic mass is 79.9. The van der Waals surface area contributed by atoms with Crippen LogP contribution in [0.2, 0.25) is 0 Å². The van der Waals surface area contributed by atoms with Crippen molar-refractivity contribution in [3.8, 4) is 11.5 Å². The molecule has 1 N–H and O–H groups in total. The molecule has 0 aromatic heterocycles. The van der Waals surface area contributed by atoms with Crippen LogP contribution < -0.4 is 19.1 Å². The third kappa shape index (κ3) is 5.90. The Bertz CT molecular complexity index is 1250. The van der Waals surface area contributed by atoms with Crippen molar-refractivity contribution in [2.45, 2.75) is 24.8 Å². The lowest BCUT2D eigenvalue weighted by Gasteiger charge is -2.26. The van der Waals surface area contributed by atoms with Gasteiger partial charge in [-0.3, -0.25) is 9.10 Å². The summed E-state index contributed by atoms with van der Waals surface area (Å²) in [6, 6.07) is 18.6. The number of nitrogens with one attached hydrogen (secondary N) is 1. The van der Waals surface area contributed by atoms with E-state index < -0.39 is 22.5 Å². The van der Waals surface area contributed by atoms with Crippen molar-refractivity contribution >= 4 is 37.5 Å². The number of methoxy groups -OCH3 is 2. The van der Waals surface area contributed by atoms with E-state index in [1.807, 2.05) is 31.2 Å². The molecule has 0 spiro atoms. The molecule has 1 atom stereocenters. The molecule has 0 saturated heterocycles. The lowest BCUT2D eigenvalue weighted by molar-refractivity contribution is -0.120. The van der Waals surface area contributed by atoms with E-state index >= 15 is 0 Å². The molecular formula is C25H27BrN2O5S. The minimum Gasteiger partial charge on any atom is -0.497 e. The van der Waals surface area contributed by atoms with Crippen LogP contribution in [0.1, 0.15) is 24.1 Å². The molecule has 0 aliphatic rings. The number of carbonyl (C=O) groups is 1. The van der Waals surface area contributed by atoms with E-state index in [2.05, 4.69) is 21.2 Å². The number of aryl methyl sites for hydroxylation is 1. The maximum atomic E-state index is 13.8. The minimum atomic E-state index is -4.14. The predicted octanol–water partition coefficient (Wildman–Crippen LogP) is 4.85. The van der Waals surface area contributed by atoms with Gasteiger partial charge in [-0.25, -0.2) is 8.42 Å². The van der Waals surface area contributed by atoms with Gasteiger partial charge >= 0.3 is 0 Å². The Morgan fingerprint density at radius 3 is 2.24 bits per heavy atom. The van der Waals surface area contributed by atoms with Crippen LogP contribution in [0, 0.1) is 6.92 Å². The molecule has 0 bridgehead atoms. The minimum absolute atomic E-state index is 0.0143. The first-order chi connectivity index (χ1) is 16.1. The maximum absolute atomic E-state index is 13.8. The molecule has 3 aromatic carbocycles. The van der Waals surface area contributed by atoms with E-state index in [0.29, 0.717) is 11.4 Å². The lowest BCUT2D eigenvalue weighted by atomic mass is 10.1. The number of hydrogen-bond acceptors (Lipinski definition) is 5. The predicted molar refractivity (Wildman–Crippen MR) is 136 cm³/mol. The summed E-state index contributed by atoms with van der Waals surface area (Å²) in [6.07, 6.45) is 0. The Morgan fingerprint density at radius 1 is 1.00 bits per heavy atom. The van der Waals surface area contributed by atoms with E-state index in [9.17, 15) is 13.2 Å². The van der Waals surface area contributed by atoms with Gasteiger partial charge in [0.2, 0.25) is 5.91 Å². The lowest BCUT2D eigenvalue weighted by Crippen LogP contribution is -2.41. The summed E-state index contributed by atoms with van der Waals surface area (Å²) in [5.41, 5.74) is 1.98. The normalized spacial score (nSPS) is 12.0. The summed E-state index contributed by atoms with van der Waals surface area (Å²) in [5.74, 6) is 0.330. The standard InChI is InChI=1S/C25H27BrN2O5S/c1-17-5-14-23(33-4)24(15-17)34(30,31)28(21-10-12-22(32-3)13-11-21)16-25(29)27-18(2)19-6-8-20(26)9-7-19/h5-15,18H,16H2,1-4H3,(H,27,29)/t18-/m0/s1. The highest BCUT2D eigenvalue weighted by Gasteiger charge is 2.30. The number of nitrogens with zero attached hydrogens (tertiary/aromatic N) is 1. The van der Waals surface area contributed by atoms with E-state index in [1.165, 1.54) is 20.3 Å². The number of ether oxygens (including phenoxy) is 2. The number of rotatable bonds is 9. The van der Waals surface area contributed by atoms with Gasteiger partial charge in [0, 0.05) is 4.47 Å². The topological polar surface area (TPSA) is 84.9 Å².